The number of amides is 2. The zero-order valence-corrected chi connectivity index (χ0v) is 8.78. The molecule has 2 heterocycles. The van der Waals surface area contributed by atoms with E-state index in [4.69, 9.17) is 9.84 Å². The lowest BCUT2D eigenvalue weighted by atomic mass is 10.1. The molecule has 8 heteroatoms. The van der Waals surface area contributed by atoms with Gasteiger partial charge in [0.15, 0.2) is 6.23 Å². The molecule has 0 aromatic rings. The van der Waals surface area contributed by atoms with E-state index in [1.54, 1.807) is 0 Å². The lowest BCUT2D eigenvalue weighted by Crippen LogP contribution is -2.51. The summed E-state index contributed by atoms with van der Waals surface area (Å²) in [6.07, 6.45) is -4.04. The van der Waals surface area contributed by atoms with E-state index in [0.717, 1.165) is 11.1 Å². The average Bonchev–Trinajstić information content (AvgIpc) is 2.59. The normalized spacial score (nSPS) is 38.0. The number of rotatable bonds is 2. The van der Waals surface area contributed by atoms with Gasteiger partial charge < -0.3 is 25.4 Å². The number of nitrogens with one attached hydrogen (secondary N) is 1. The summed E-state index contributed by atoms with van der Waals surface area (Å²) >= 11 is 0. The van der Waals surface area contributed by atoms with Crippen LogP contribution in [0.25, 0.3) is 0 Å². The molecular weight excluding hydrogens is 235 g/mol. The lowest BCUT2D eigenvalue weighted by molar-refractivity contribution is -0.0664. The fraction of sp³-hybridized carbons (Fsp3) is 0.667. The van der Waals surface area contributed by atoms with Crippen molar-refractivity contribution in [3.8, 4) is 0 Å². The smallest absolute Gasteiger partial charge is 0.324 e. The number of urea groups is 1. The van der Waals surface area contributed by atoms with Crippen LogP contribution in [0.15, 0.2) is 12.0 Å². The molecule has 0 spiro atoms. The van der Waals surface area contributed by atoms with Crippen molar-refractivity contribution in [1.82, 2.24) is 10.2 Å². The van der Waals surface area contributed by atoms with Crippen LogP contribution in [-0.2, 0) is 4.74 Å². The summed E-state index contributed by atoms with van der Waals surface area (Å²) < 4.78 is 18.1. The highest BCUT2D eigenvalue weighted by Crippen LogP contribution is 2.25. The molecule has 0 bridgehead atoms. The summed E-state index contributed by atoms with van der Waals surface area (Å²) in [6, 6.07) is -0.638. The van der Waals surface area contributed by atoms with Crippen molar-refractivity contribution in [2.75, 3.05) is 13.2 Å². The maximum Gasteiger partial charge on any atom is 0.324 e. The largest absolute Gasteiger partial charge is 0.394 e. The van der Waals surface area contributed by atoms with Crippen molar-refractivity contribution in [2.24, 2.45) is 0 Å². The van der Waals surface area contributed by atoms with Crippen molar-refractivity contribution >= 4 is 6.03 Å². The van der Waals surface area contributed by atoms with Gasteiger partial charge in [-0.15, -0.1) is 0 Å². The zero-order chi connectivity index (χ0) is 12.6. The summed E-state index contributed by atoms with van der Waals surface area (Å²) in [5.41, 5.74) is 0. The van der Waals surface area contributed by atoms with Gasteiger partial charge in [-0.3, -0.25) is 4.90 Å². The first kappa shape index (κ1) is 12.2. The van der Waals surface area contributed by atoms with Crippen LogP contribution in [0.5, 0.6) is 0 Å². The number of halogens is 1. The Morgan fingerprint density at radius 1 is 1.53 bits per heavy atom. The molecule has 2 amide bonds. The van der Waals surface area contributed by atoms with Gasteiger partial charge in [0.1, 0.15) is 24.1 Å². The van der Waals surface area contributed by atoms with E-state index in [0.29, 0.717) is 0 Å². The minimum atomic E-state index is -1.40. The highest BCUT2D eigenvalue weighted by atomic mass is 19.1. The number of hydrogen-bond acceptors (Lipinski definition) is 5. The Morgan fingerprint density at radius 3 is 2.82 bits per heavy atom. The topological polar surface area (TPSA) is 102 Å². The molecule has 4 atom stereocenters. The predicted molar refractivity (Wildman–Crippen MR) is 52.2 cm³/mol. The van der Waals surface area contributed by atoms with Gasteiger partial charge in [0, 0.05) is 6.20 Å². The molecule has 0 unspecified atom stereocenters. The number of hydrogen-bond donors (Lipinski definition) is 4. The van der Waals surface area contributed by atoms with E-state index in [-0.39, 0.29) is 6.54 Å². The van der Waals surface area contributed by atoms with E-state index >= 15 is 0 Å². The van der Waals surface area contributed by atoms with Gasteiger partial charge in [0.2, 0.25) is 0 Å². The summed E-state index contributed by atoms with van der Waals surface area (Å²) in [6.45, 7) is -0.722. The Kier molecular flexibility index (Phi) is 3.29. The number of nitrogens with zero attached hydrogens (tertiary/aromatic N) is 1. The molecule has 17 heavy (non-hydrogen) atoms. The molecule has 96 valence electrons. The van der Waals surface area contributed by atoms with Crippen molar-refractivity contribution < 1.29 is 29.2 Å². The number of aliphatic hydroxyl groups excluding tert-OH is 3. The minimum absolute atomic E-state index is 0.218. The molecule has 0 aromatic heterocycles. The van der Waals surface area contributed by atoms with E-state index in [1.165, 1.54) is 0 Å². The quantitative estimate of drug-likeness (QED) is 0.464. The van der Waals surface area contributed by atoms with Gasteiger partial charge in [-0.1, -0.05) is 0 Å². The first-order valence-corrected chi connectivity index (χ1v) is 5.09. The molecule has 7 nitrogen and oxygen atoms in total. The second-order valence-corrected chi connectivity index (χ2v) is 3.87. The van der Waals surface area contributed by atoms with Gasteiger partial charge in [0.25, 0.3) is 0 Å². The molecule has 0 radical (unpaired) electrons. The number of carbonyl (C=O) groups excluding carboxylic acids is 1. The molecular formula is C9H13FN2O5. The minimum Gasteiger partial charge on any atom is -0.394 e. The van der Waals surface area contributed by atoms with Crippen molar-refractivity contribution in [3.63, 3.8) is 0 Å². The summed E-state index contributed by atoms with van der Waals surface area (Å²) in [7, 11) is 0. The molecule has 4 N–H and O–H groups in total. The Morgan fingerprint density at radius 2 is 2.24 bits per heavy atom. The SMILES string of the molecule is O=C1NCC(F)=CN1[C@@H]1O[C@H](CO)[C@@H](O)[C@H]1O. The first-order chi connectivity index (χ1) is 8.04. The van der Waals surface area contributed by atoms with Crippen LogP contribution >= 0.6 is 0 Å². The molecule has 2 rings (SSSR count). The standard InChI is InChI=1S/C9H13FN2O5/c10-4-1-11-9(16)12(2-4)8-7(15)6(14)5(3-13)17-8/h2,5-8,13-15H,1,3H2,(H,11,16)/t5-,6-,7-,8-/m1/s1. The molecule has 1 saturated heterocycles. The van der Waals surface area contributed by atoms with Crippen LogP contribution in [0, 0.1) is 0 Å². The van der Waals surface area contributed by atoms with Crippen LogP contribution in [0.1, 0.15) is 0 Å². The van der Waals surface area contributed by atoms with Gasteiger partial charge in [-0.2, -0.15) is 0 Å². The third-order valence-electron chi connectivity index (χ3n) is 2.71. The van der Waals surface area contributed by atoms with Gasteiger partial charge >= 0.3 is 6.03 Å². The zero-order valence-electron chi connectivity index (χ0n) is 8.78. The van der Waals surface area contributed by atoms with E-state index in [1.807, 2.05) is 0 Å². The highest BCUT2D eigenvalue weighted by molar-refractivity contribution is 5.77. The van der Waals surface area contributed by atoms with E-state index < -0.39 is 43.0 Å². The Bertz CT molecular complexity index is 350. The lowest BCUT2D eigenvalue weighted by Gasteiger charge is -2.29. The fourth-order valence-electron chi connectivity index (χ4n) is 1.81. The van der Waals surface area contributed by atoms with Crippen LogP contribution in [0.2, 0.25) is 0 Å². The summed E-state index contributed by atoms with van der Waals surface area (Å²) in [5, 5.41) is 30.3. The number of aliphatic hydroxyl groups is 3. The summed E-state index contributed by atoms with van der Waals surface area (Å²) in [4.78, 5) is 12.3. The Balaban J connectivity index is 2.17. The molecule has 0 aliphatic carbocycles. The van der Waals surface area contributed by atoms with E-state index in [2.05, 4.69) is 5.32 Å². The molecule has 0 aromatic carbocycles. The first-order valence-electron chi connectivity index (χ1n) is 5.09. The second-order valence-electron chi connectivity index (χ2n) is 3.87. The maximum atomic E-state index is 13.0. The monoisotopic (exact) mass is 248 g/mol. The molecule has 2 aliphatic rings. The number of carbonyl (C=O) groups is 1. The third-order valence-corrected chi connectivity index (χ3v) is 2.71. The van der Waals surface area contributed by atoms with Crippen LogP contribution in [-0.4, -0.2) is 63.9 Å². The molecule has 1 fully saturated rings. The second kappa shape index (κ2) is 4.57. The summed E-state index contributed by atoms with van der Waals surface area (Å²) in [5.74, 6) is -0.595. The van der Waals surface area contributed by atoms with Gasteiger partial charge in [-0.25, -0.2) is 9.18 Å². The van der Waals surface area contributed by atoms with Crippen LogP contribution in [0.4, 0.5) is 9.18 Å². The molecule has 0 saturated carbocycles. The molecule has 2 aliphatic heterocycles. The van der Waals surface area contributed by atoms with Crippen molar-refractivity contribution in [3.05, 3.63) is 12.0 Å². The van der Waals surface area contributed by atoms with Gasteiger partial charge in [0.05, 0.1) is 13.2 Å². The van der Waals surface area contributed by atoms with Crippen molar-refractivity contribution in [1.29, 1.82) is 0 Å². The Labute approximate surface area is 96.1 Å². The fourth-order valence-corrected chi connectivity index (χ4v) is 1.81. The van der Waals surface area contributed by atoms with Crippen molar-refractivity contribution in [2.45, 2.75) is 24.5 Å². The van der Waals surface area contributed by atoms with E-state index in [9.17, 15) is 19.4 Å². The Hall–Kier alpha value is -1.22. The van der Waals surface area contributed by atoms with Crippen LogP contribution < -0.4 is 5.32 Å². The number of ether oxygens (including phenoxy) is 1. The third kappa shape index (κ3) is 2.12. The van der Waals surface area contributed by atoms with Crippen LogP contribution in [0.3, 0.4) is 0 Å². The van der Waals surface area contributed by atoms with Gasteiger partial charge in [-0.05, 0) is 0 Å². The maximum absolute atomic E-state index is 13.0. The average molecular weight is 248 g/mol. The predicted octanol–water partition coefficient (Wildman–Crippen LogP) is -1.74. The highest BCUT2D eigenvalue weighted by Gasteiger charge is 2.46.